The number of halogens is 1. The normalized spacial score (nSPS) is 13.3. The van der Waals surface area contributed by atoms with Gasteiger partial charge in [0.05, 0.1) is 0 Å². The number of rotatable bonds is 3. The first-order valence-electron chi connectivity index (χ1n) is 13.7. The lowest BCUT2D eigenvalue weighted by molar-refractivity contribution is 1.66. The highest BCUT2D eigenvalue weighted by Gasteiger charge is 2.48. The zero-order valence-electron chi connectivity index (χ0n) is 21.8. The van der Waals surface area contributed by atoms with E-state index in [0.717, 1.165) is 4.47 Å². The van der Waals surface area contributed by atoms with Crippen molar-refractivity contribution in [3.63, 3.8) is 0 Å². The molecule has 188 valence electrons. The van der Waals surface area contributed by atoms with Gasteiger partial charge >= 0.3 is 0 Å². The Kier molecular flexibility index (Phi) is 5.41. The van der Waals surface area contributed by atoms with Crippen molar-refractivity contribution in [3.05, 3.63) is 156 Å². The molecule has 1 aliphatic rings. The van der Waals surface area contributed by atoms with E-state index in [2.05, 4.69) is 168 Å². The van der Waals surface area contributed by atoms with Crippen LogP contribution in [-0.4, -0.2) is 8.07 Å². The topological polar surface area (TPSA) is 0 Å². The summed E-state index contributed by atoms with van der Waals surface area (Å²) in [5.41, 5.74) is 5.28. The Hall–Kier alpha value is -4.24. The molecule has 0 aliphatic carbocycles. The molecule has 0 unspecified atom stereocenters. The Labute approximate surface area is 243 Å². The summed E-state index contributed by atoms with van der Waals surface area (Å²) in [4.78, 5) is 0. The van der Waals surface area contributed by atoms with Crippen LogP contribution in [0, 0.1) is 0 Å². The standard InChI is InChI=1S/C38H25BrSi/c39-28-20-22-35-34-21-19-27(36-23-26-11-7-8-16-31(26)32-17-9-10-18-33(32)36)24-37(34)40(38(35)25-28,29-12-3-1-4-13-29)30-14-5-2-6-15-30/h1-25H. The summed E-state index contributed by atoms with van der Waals surface area (Å²) >= 11 is 3.83. The second-order valence-corrected chi connectivity index (χ2v) is 15.3. The summed E-state index contributed by atoms with van der Waals surface area (Å²) in [6.45, 7) is 0. The third-order valence-corrected chi connectivity index (χ3v) is 13.9. The van der Waals surface area contributed by atoms with Crippen molar-refractivity contribution in [2.24, 2.45) is 0 Å². The Morgan fingerprint density at radius 3 is 1.65 bits per heavy atom. The molecule has 0 atom stereocenters. The van der Waals surface area contributed by atoms with Crippen LogP contribution in [-0.2, 0) is 0 Å². The number of fused-ring (bicyclic) bond motifs is 6. The van der Waals surface area contributed by atoms with Crippen molar-refractivity contribution >= 4 is 66.3 Å². The van der Waals surface area contributed by atoms with Crippen LogP contribution >= 0.6 is 15.9 Å². The maximum atomic E-state index is 3.83. The van der Waals surface area contributed by atoms with Crippen molar-refractivity contribution < 1.29 is 0 Å². The molecule has 0 saturated carbocycles. The first-order valence-corrected chi connectivity index (χ1v) is 16.5. The van der Waals surface area contributed by atoms with Crippen LogP contribution in [0.2, 0.25) is 0 Å². The van der Waals surface area contributed by atoms with E-state index in [-0.39, 0.29) is 0 Å². The average Bonchev–Trinajstić information content (AvgIpc) is 3.31. The fraction of sp³-hybridized carbons (Fsp3) is 0. The molecule has 0 fully saturated rings. The molecule has 2 heteroatoms. The van der Waals surface area contributed by atoms with Gasteiger partial charge in [-0.25, -0.2) is 0 Å². The molecule has 8 rings (SSSR count). The fourth-order valence-corrected chi connectivity index (χ4v) is 12.7. The van der Waals surface area contributed by atoms with Crippen molar-refractivity contribution in [1.82, 2.24) is 0 Å². The number of hydrogen-bond acceptors (Lipinski definition) is 0. The van der Waals surface area contributed by atoms with Gasteiger partial charge in [-0.15, -0.1) is 0 Å². The molecule has 1 heterocycles. The lowest BCUT2D eigenvalue weighted by atomic mass is 9.92. The van der Waals surface area contributed by atoms with E-state index in [9.17, 15) is 0 Å². The van der Waals surface area contributed by atoms with Gasteiger partial charge in [0, 0.05) is 4.47 Å². The van der Waals surface area contributed by atoms with Gasteiger partial charge in [0.25, 0.3) is 0 Å². The van der Waals surface area contributed by atoms with Gasteiger partial charge in [-0.1, -0.05) is 149 Å². The summed E-state index contributed by atoms with van der Waals surface area (Å²) in [5.74, 6) is 0. The molecule has 7 aromatic carbocycles. The predicted octanol–water partition coefficient (Wildman–Crippen LogP) is 7.78. The van der Waals surface area contributed by atoms with Gasteiger partial charge in [-0.2, -0.15) is 0 Å². The van der Waals surface area contributed by atoms with Crippen LogP contribution in [0.3, 0.4) is 0 Å². The lowest BCUT2D eigenvalue weighted by Gasteiger charge is -2.31. The predicted molar refractivity (Wildman–Crippen MR) is 177 cm³/mol. The molecule has 0 N–H and O–H groups in total. The van der Waals surface area contributed by atoms with Crippen LogP contribution in [0.1, 0.15) is 0 Å². The molecular formula is C38H25BrSi. The quantitative estimate of drug-likeness (QED) is 0.146. The Bertz CT molecular complexity index is 2020. The molecule has 0 aromatic heterocycles. The van der Waals surface area contributed by atoms with Crippen molar-refractivity contribution in [3.8, 4) is 22.3 Å². The second-order valence-electron chi connectivity index (χ2n) is 10.6. The van der Waals surface area contributed by atoms with E-state index in [1.54, 1.807) is 0 Å². The summed E-state index contributed by atoms with van der Waals surface area (Å²) in [5, 5.41) is 10.9. The Balaban J connectivity index is 1.49. The minimum absolute atomic E-state index is 1.13. The van der Waals surface area contributed by atoms with Crippen molar-refractivity contribution in [1.29, 1.82) is 0 Å². The SMILES string of the molecule is Brc1ccc2c(c1)[Si](c1ccccc1)(c1ccccc1)c1cc(-c3cc4ccccc4c4ccccc34)ccc1-2. The lowest BCUT2D eigenvalue weighted by Crippen LogP contribution is -2.72. The molecule has 7 aromatic rings. The number of benzene rings is 7. The molecule has 40 heavy (non-hydrogen) atoms. The zero-order valence-corrected chi connectivity index (χ0v) is 24.4. The van der Waals surface area contributed by atoms with Crippen LogP contribution in [0.4, 0.5) is 0 Å². The summed E-state index contributed by atoms with van der Waals surface area (Å²) in [6, 6.07) is 56.5. The largest absolute Gasteiger partial charge is 0.180 e. The van der Waals surface area contributed by atoms with E-state index in [1.807, 2.05) is 0 Å². The molecule has 0 spiro atoms. The van der Waals surface area contributed by atoms with E-state index in [4.69, 9.17) is 0 Å². The van der Waals surface area contributed by atoms with Crippen LogP contribution in [0.15, 0.2) is 156 Å². The van der Waals surface area contributed by atoms with Gasteiger partial charge < -0.3 is 0 Å². The highest BCUT2D eigenvalue weighted by Crippen LogP contribution is 2.37. The van der Waals surface area contributed by atoms with Crippen LogP contribution in [0.5, 0.6) is 0 Å². The molecule has 1 aliphatic heterocycles. The summed E-state index contributed by atoms with van der Waals surface area (Å²) in [6.07, 6.45) is 0. The first-order chi connectivity index (χ1) is 19.7. The fourth-order valence-electron chi connectivity index (χ4n) is 6.92. The second kappa shape index (κ2) is 9.16. The molecular weight excluding hydrogens is 564 g/mol. The highest BCUT2D eigenvalue weighted by molar-refractivity contribution is 9.10. The maximum Gasteiger partial charge on any atom is 0.180 e. The third-order valence-electron chi connectivity index (χ3n) is 8.59. The monoisotopic (exact) mass is 588 g/mol. The van der Waals surface area contributed by atoms with E-state index >= 15 is 0 Å². The van der Waals surface area contributed by atoms with Gasteiger partial charge in [-0.3, -0.25) is 0 Å². The van der Waals surface area contributed by atoms with E-state index in [1.165, 1.54) is 64.5 Å². The molecule has 0 amide bonds. The van der Waals surface area contributed by atoms with E-state index < -0.39 is 8.07 Å². The Morgan fingerprint density at radius 1 is 0.400 bits per heavy atom. The highest BCUT2D eigenvalue weighted by atomic mass is 79.9. The van der Waals surface area contributed by atoms with Crippen LogP contribution < -0.4 is 20.7 Å². The molecule has 0 radical (unpaired) electrons. The van der Waals surface area contributed by atoms with Gasteiger partial charge in [-0.05, 0) is 82.7 Å². The van der Waals surface area contributed by atoms with Crippen LogP contribution in [0.25, 0.3) is 43.8 Å². The summed E-state index contributed by atoms with van der Waals surface area (Å²) in [7, 11) is -2.57. The van der Waals surface area contributed by atoms with Crippen molar-refractivity contribution in [2.45, 2.75) is 0 Å². The van der Waals surface area contributed by atoms with Gasteiger partial charge in [0.2, 0.25) is 0 Å². The maximum absolute atomic E-state index is 3.83. The third kappa shape index (κ3) is 3.36. The Morgan fingerprint density at radius 2 is 0.950 bits per heavy atom. The zero-order chi connectivity index (χ0) is 26.7. The molecule has 0 bridgehead atoms. The first kappa shape index (κ1) is 23.6. The minimum atomic E-state index is -2.57. The summed E-state index contributed by atoms with van der Waals surface area (Å²) < 4.78 is 1.13. The smallest absolute Gasteiger partial charge is 0.0623 e. The molecule has 0 nitrogen and oxygen atoms in total. The van der Waals surface area contributed by atoms with Gasteiger partial charge in [0.1, 0.15) is 0 Å². The molecule has 0 saturated heterocycles. The van der Waals surface area contributed by atoms with E-state index in [0.29, 0.717) is 0 Å². The van der Waals surface area contributed by atoms with Gasteiger partial charge in [0.15, 0.2) is 8.07 Å². The van der Waals surface area contributed by atoms with Crippen molar-refractivity contribution in [2.75, 3.05) is 0 Å². The minimum Gasteiger partial charge on any atom is -0.0623 e. The number of hydrogen-bond donors (Lipinski definition) is 0. The average molecular weight is 590 g/mol.